The zero-order valence-electron chi connectivity index (χ0n) is 19.8. The molecule has 0 bridgehead atoms. The maximum atomic E-state index is 13.5. The van der Waals surface area contributed by atoms with Crippen molar-refractivity contribution in [3.8, 4) is 5.69 Å². The molecule has 34 heavy (non-hydrogen) atoms. The van der Waals surface area contributed by atoms with Gasteiger partial charge >= 0.3 is 0 Å². The van der Waals surface area contributed by atoms with E-state index in [1.807, 2.05) is 66.3 Å². The van der Waals surface area contributed by atoms with Gasteiger partial charge in [0.05, 0.1) is 11.8 Å². The molecule has 3 heterocycles. The van der Waals surface area contributed by atoms with Crippen LogP contribution >= 0.6 is 0 Å². The number of carbonyl (C=O) groups excluding carboxylic acids is 1. The largest absolute Gasteiger partial charge is 0.383 e. The minimum Gasteiger partial charge on any atom is -0.383 e. The van der Waals surface area contributed by atoms with E-state index >= 15 is 0 Å². The fraction of sp³-hybridized carbons (Fsp3) is 0.423. The molecule has 1 aromatic carbocycles. The normalized spacial score (nSPS) is 23.7. The van der Waals surface area contributed by atoms with Gasteiger partial charge in [-0.05, 0) is 25.2 Å². The quantitative estimate of drug-likeness (QED) is 0.427. The molecule has 3 aliphatic rings. The van der Waals surface area contributed by atoms with E-state index in [1.165, 1.54) is 12.8 Å². The second-order valence-electron chi connectivity index (χ2n) is 9.97. The van der Waals surface area contributed by atoms with E-state index < -0.39 is 0 Å². The van der Waals surface area contributed by atoms with Crippen LogP contribution in [0, 0.1) is 5.92 Å². The standard InChI is InChI=1S/C26H29N7O/c1-17-13-26(17)25-30-28-16-32(25)21-14-27-23(29-24(21)33(26)19-11-7-8-12-19)20(15-31(2)3)22(34)18-9-5-4-6-10-18/h4-6,9-10,14-17,19H,7-8,11-13H2,1-3H3/b20-15+/t17-,26-/m0/s1. The first kappa shape index (κ1) is 21.0. The second kappa shape index (κ2) is 7.75. The average Bonchev–Trinajstić information content (AvgIpc) is 3.26. The number of benzene rings is 1. The molecule has 3 aromatic rings. The van der Waals surface area contributed by atoms with Gasteiger partial charge in [0.1, 0.15) is 17.6 Å². The van der Waals surface area contributed by atoms with Crippen molar-refractivity contribution in [3.05, 3.63) is 66.3 Å². The molecule has 2 fully saturated rings. The number of hydrogen-bond donors (Lipinski definition) is 0. The third kappa shape index (κ3) is 3.08. The lowest BCUT2D eigenvalue weighted by Crippen LogP contribution is -2.48. The Kier molecular flexibility index (Phi) is 4.79. The van der Waals surface area contributed by atoms with Crippen molar-refractivity contribution >= 4 is 17.2 Å². The molecule has 8 heteroatoms. The minimum absolute atomic E-state index is 0.0861. The number of ketones is 1. The highest BCUT2D eigenvalue weighted by atomic mass is 16.1. The zero-order chi connectivity index (χ0) is 23.4. The summed E-state index contributed by atoms with van der Waals surface area (Å²) >= 11 is 0. The highest BCUT2D eigenvalue weighted by Gasteiger charge is 2.64. The molecule has 0 saturated heterocycles. The van der Waals surface area contributed by atoms with Crippen molar-refractivity contribution in [2.45, 2.75) is 50.6 Å². The van der Waals surface area contributed by atoms with E-state index in [0.717, 1.165) is 36.6 Å². The topological polar surface area (TPSA) is 80.0 Å². The highest BCUT2D eigenvalue weighted by Crippen LogP contribution is 2.61. The Morgan fingerprint density at radius 3 is 2.59 bits per heavy atom. The van der Waals surface area contributed by atoms with Gasteiger partial charge in [-0.25, -0.2) is 9.97 Å². The molecule has 1 spiro atoms. The molecule has 2 saturated carbocycles. The maximum Gasteiger partial charge on any atom is 0.198 e. The monoisotopic (exact) mass is 455 g/mol. The molecular formula is C26H29N7O. The molecule has 0 radical (unpaired) electrons. The summed E-state index contributed by atoms with van der Waals surface area (Å²) in [6.45, 7) is 2.28. The number of Topliss-reactive ketones (excluding diaryl/α,β-unsaturated/α-hetero) is 1. The van der Waals surface area contributed by atoms with E-state index in [2.05, 4.69) is 27.0 Å². The van der Waals surface area contributed by atoms with Crippen molar-refractivity contribution in [2.24, 2.45) is 5.92 Å². The number of nitrogens with zero attached hydrogens (tertiary/aromatic N) is 7. The van der Waals surface area contributed by atoms with Gasteiger partial charge in [-0.15, -0.1) is 10.2 Å². The first-order valence-corrected chi connectivity index (χ1v) is 12.1. The Balaban J connectivity index is 1.52. The molecule has 8 nitrogen and oxygen atoms in total. The number of fused-ring (bicyclic) bond motifs is 4. The van der Waals surface area contributed by atoms with Crippen LogP contribution in [0.5, 0.6) is 0 Å². The fourth-order valence-electron chi connectivity index (χ4n) is 5.78. The molecule has 0 N–H and O–H groups in total. The zero-order valence-corrected chi connectivity index (χ0v) is 19.8. The summed E-state index contributed by atoms with van der Waals surface area (Å²) in [6.07, 6.45) is 11.2. The number of rotatable bonds is 5. The Hall–Kier alpha value is -3.55. The first-order valence-electron chi connectivity index (χ1n) is 12.1. The predicted octanol–water partition coefficient (Wildman–Crippen LogP) is 3.84. The average molecular weight is 456 g/mol. The van der Waals surface area contributed by atoms with Crippen LogP contribution in [0.15, 0.2) is 49.1 Å². The van der Waals surface area contributed by atoms with Gasteiger partial charge < -0.3 is 9.80 Å². The summed E-state index contributed by atoms with van der Waals surface area (Å²) in [5.74, 6) is 2.70. The van der Waals surface area contributed by atoms with Gasteiger partial charge in [0, 0.05) is 31.9 Å². The third-order valence-electron chi connectivity index (χ3n) is 7.47. The Morgan fingerprint density at radius 1 is 1.18 bits per heavy atom. The number of aromatic nitrogens is 5. The molecule has 1 aliphatic heterocycles. The SMILES string of the molecule is C[C@H]1C[C@@]12c1nncn1-c1cnc(/C(=C/N(C)C)C(=O)c3ccccc3)nc1N2C1CCCC1. The second-order valence-corrected chi connectivity index (χ2v) is 9.97. The molecule has 174 valence electrons. The van der Waals surface area contributed by atoms with Crippen molar-refractivity contribution in [1.82, 2.24) is 29.6 Å². The maximum absolute atomic E-state index is 13.5. The van der Waals surface area contributed by atoms with Crippen LogP contribution in [0.2, 0.25) is 0 Å². The van der Waals surface area contributed by atoms with Crippen molar-refractivity contribution in [2.75, 3.05) is 19.0 Å². The lowest BCUT2D eigenvalue weighted by atomic mass is 10.0. The van der Waals surface area contributed by atoms with E-state index in [0.29, 0.717) is 28.9 Å². The highest BCUT2D eigenvalue weighted by molar-refractivity contribution is 6.28. The molecule has 2 aromatic heterocycles. The molecule has 2 aliphatic carbocycles. The first-order chi connectivity index (χ1) is 16.5. The van der Waals surface area contributed by atoms with Gasteiger partial charge in [-0.3, -0.25) is 9.36 Å². The lowest BCUT2D eigenvalue weighted by molar-refractivity contribution is 0.105. The number of allylic oxidation sites excluding steroid dienone is 1. The van der Waals surface area contributed by atoms with Crippen LogP contribution in [0.25, 0.3) is 11.3 Å². The molecule has 2 atom stereocenters. The summed E-state index contributed by atoms with van der Waals surface area (Å²) in [7, 11) is 3.82. The summed E-state index contributed by atoms with van der Waals surface area (Å²) < 4.78 is 2.04. The van der Waals surface area contributed by atoms with Crippen LogP contribution in [0.1, 0.15) is 61.0 Å². The Morgan fingerprint density at radius 2 is 1.91 bits per heavy atom. The van der Waals surface area contributed by atoms with E-state index in [1.54, 1.807) is 6.33 Å². The fourth-order valence-corrected chi connectivity index (χ4v) is 5.78. The third-order valence-corrected chi connectivity index (χ3v) is 7.47. The number of carbonyl (C=O) groups is 1. The van der Waals surface area contributed by atoms with Gasteiger partial charge in [-0.1, -0.05) is 50.1 Å². The minimum atomic E-state index is -0.182. The Bertz CT molecular complexity index is 1280. The van der Waals surface area contributed by atoms with Gasteiger partial charge in [0.15, 0.2) is 23.2 Å². The van der Waals surface area contributed by atoms with Gasteiger partial charge in [0.2, 0.25) is 0 Å². The summed E-state index contributed by atoms with van der Waals surface area (Å²) in [5, 5.41) is 8.81. The number of anilines is 1. The summed E-state index contributed by atoms with van der Waals surface area (Å²) in [4.78, 5) is 27.7. The van der Waals surface area contributed by atoms with E-state index in [9.17, 15) is 4.79 Å². The molecule has 0 amide bonds. The number of hydrogen-bond acceptors (Lipinski definition) is 7. The van der Waals surface area contributed by atoms with E-state index in [4.69, 9.17) is 4.98 Å². The summed E-state index contributed by atoms with van der Waals surface area (Å²) in [6, 6.07) is 9.74. The van der Waals surface area contributed by atoms with Crippen LogP contribution in [-0.4, -0.2) is 55.6 Å². The molecule has 6 rings (SSSR count). The van der Waals surface area contributed by atoms with Crippen LogP contribution in [-0.2, 0) is 5.54 Å². The van der Waals surface area contributed by atoms with Crippen LogP contribution in [0.3, 0.4) is 0 Å². The molecular weight excluding hydrogens is 426 g/mol. The van der Waals surface area contributed by atoms with Gasteiger partial charge in [0.25, 0.3) is 0 Å². The Labute approximate surface area is 199 Å². The van der Waals surface area contributed by atoms with Crippen molar-refractivity contribution < 1.29 is 4.79 Å². The molecule has 0 unspecified atom stereocenters. The smallest absolute Gasteiger partial charge is 0.198 e. The summed E-state index contributed by atoms with van der Waals surface area (Å²) in [5.41, 5.74) is 1.81. The van der Waals surface area contributed by atoms with Crippen molar-refractivity contribution in [3.63, 3.8) is 0 Å². The van der Waals surface area contributed by atoms with Crippen molar-refractivity contribution in [1.29, 1.82) is 0 Å². The van der Waals surface area contributed by atoms with Crippen LogP contribution in [0.4, 0.5) is 5.82 Å². The lowest BCUT2D eigenvalue weighted by Gasteiger charge is -2.42. The van der Waals surface area contributed by atoms with E-state index in [-0.39, 0.29) is 11.3 Å². The predicted molar refractivity (Wildman–Crippen MR) is 130 cm³/mol. The van der Waals surface area contributed by atoms with Crippen LogP contribution < -0.4 is 4.90 Å². The van der Waals surface area contributed by atoms with Gasteiger partial charge in [-0.2, -0.15) is 0 Å².